The number of hydrogen-bond acceptors (Lipinski definition) is 1. The highest BCUT2D eigenvalue weighted by Gasteiger charge is 2.05. The average Bonchev–Trinajstić information content (AvgIpc) is 2.27. The molecule has 0 bridgehead atoms. The van der Waals surface area contributed by atoms with E-state index in [-0.39, 0.29) is 0 Å². The van der Waals surface area contributed by atoms with E-state index in [0.29, 0.717) is 11.7 Å². The Morgan fingerprint density at radius 2 is 2.06 bits per heavy atom. The first-order valence-electron chi connectivity index (χ1n) is 5.98. The molecule has 1 rings (SSSR count). The molecule has 0 amide bonds. The Morgan fingerprint density at radius 1 is 1.38 bits per heavy atom. The molecule has 0 atom stereocenters. The summed E-state index contributed by atoms with van der Waals surface area (Å²) in [5.74, 6) is 0.940. The van der Waals surface area contributed by atoms with Crippen molar-refractivity contribution < 1.29 is 5.11 Å². The fraction of sp³-hybridized carbons (Fsp3) is 0.467. The van der Waals surface area contributed by atoms with Gasteiger partial charge in [-0.1, -0.05) is 37.6 Å². The van der Waals surface area contributed by atoms with Gasteiger partial charge in [0.15, 0.2) is 0 Å². The Morgan fingerprint density at radius 3 is 2.62 bits per heavy atom. The second-order valence-electron chi connectivity index (χ2n) is 4.68. The van der Waals surface area contributed by atoms with Crippen LogP contribution in [0.2, 0.25) is 0 Å². The zero-order chi connectivity index (χ0) is 12.1. The highest BCUT2D eigenvalue weighted by Crippen LogP contribution is 2.25. The first-order chi connectivity index (χ1) is 7.54. The molecule has 88 valence electrons. The minimum Gasteiger partial charge on any atom is -0.508 e. The summed E-state index contributed by atoms with van der Waals surface area (Å²) in [7, 11) is 0. The third-order valence-corrected chi connectivity index (χ3v) is 3.05. The van der Waals surface area contributed by atoms with E-state index in [1.807, 2.05) is 12.1 Å². The van der Waals surface area contributed by atoms with Crippen LogP contribution < -0.4 is 0 Å². The molecule has 0 heterocycles. The summed E-state index contributed by atoms with van der Waals surface area (Å²) in [6.07, 6.45) is 4.07. The van der Waals surface area contributed by atoms with Gasteiger partial charge in [-0.2, -0.15) is 0 Å². The standard InChI is InChI=1S/C15H22O/c1-5-12(4)6-7-14-10-13(11(2)3)8-9-15(14)16/h5,8-11,16H,6-7H2,1-4H3/b12-5+. The number of allylic oxidation sites excluding steroid dienone is 2. The van der Waals surface area contributed by atoms with Crippen molar-refractivity contribution in [2.24, 2.45) is 0 Å². The van der Waals surface area contributed by atoms with Crippen LogP contribution in [0.4, 0.5) is 0 Å². The normalized spacial score (nSPS) is 12.2. The lowest BCUT2D eigenvalue weighted by Crippen LogP contribution is -1.92. The minimum atomic E-state index is 0.424. The lowest BCUT2D eigenvalue weighted by molar-refractivity contribution is 0.467. The molecule has 1 aromatic carbocycles. The Labute approximate surface area is 98.8 Å². The van der Waals surface area contributed by atoms with Crippen molar-refractivity contribution in [2.45, 2.75) is 46.5 Å². The molecular weight excluding hydrogens is 196 g/mol. The number of aromatic hydroxyl groups is 1. The molecule has 1 heteroatoms. The molecule has 16 heavy (non-hydrogen) atoms. The van der Waals surface area contributed by atoms with E-state index in [4.69, 9.17) is 0 Å². The maximum Gasteiger partial charge on any atom is 0.118 e. The Kier molecular flexibility index (Phi) is 4.60. The zero-order valence-corrected chi connectivity index (χ0v) is 10.7. The van der Waals surface area contributed by atoms with Crippen molar-refractivity contribution in [2.75, 3.05) is 0 Å². The van der Waals surface area contributed by atoms with E-state index in [1.54, 1.807) is 0 Å². The number of rotatable bonds is 4. The van der Waals surface area contributed by atoms with Crippen LogP contribution in [-0.4, -0.2) is 5.11 Å². The van der Waals surface area contributed by atoms with Crippen LogP contribution in [0.15, 0.2) is 29.8 Å². The Bertz CT molecular complexity index is 375. The molecule has 0 aliphatic carbocycles. The highest BCUT2D eigenvalue weighted by atomic mass is 16.3. The van der Waals surface area contributed by atoms with E-state index < -0.39 is 0 Å². The van der Waals surface area contributed by atoms with E-state index in [0.717, 1.165) is 18.4 Å². The molecule has 1 aromatic rings. The second-order valence-corrected chi connectivity index (χ2v) is 4.68. The van der Waals surface area contributed by atoms with Gasteiger partial charge in [-0.05, 0) is 49.8 Å². The summed E-state index contributed by atoms with van der Waals surface area (Å²) < 4.78 is 0. The van der Waals surface area contributed by atoms with Gasteiger partial charge in [-0.3, -0.25) is 0 Å². The van der Waals surface area contributed by atoms with Crippen molar-refractivity contribution in [3.05, 3.63) is 41.0 Å². The Hall–Kier alpha value is -1.24. The van der Waals surface area contributed by atoms with Gasteiger partial charge in [0.1, 0.15) is 5.75 Å². The monoisotopic (exact) mass is 218 g/mol. The van der Waals surface area contributed by atoms with E-state index in [1.165, 1.54) is 11.1 Å². The summed E-state index contributed by atoms with van der Waals surface area (Å²) in [6.45, 7) is 8.53. The lowest BCUT2D eigenvalue weighted by atomic mass is 9.97. The number of aryl methyl sites for hydroxylation is 1. The predicted octanol–water partition coefficient (Wildman–Crippen LogP) is 4.41. The number of phenolic OH excluding ortho intramolecular Hbond substituents is 1. The minimum absolute atomic E-state index is 0.424. The molecule has 0 aromatic heterocycles. The van der Waals surface area contributed by atoms with Crippen molar-refractivity contribution in [3.63, 3.8) is 0 Å². The van der Waals surface area contributed by atoms with Crippen molar-refractivity contribution in [1.29, 1.82) is 0 Å². The van der Waals surface area contributed by atoms with Crippen LogP contribution in [0.25, 0.3) is 0 Å². The summed E-state index contributed by atoms with van der Waals surface area (Å²) in [5, 5.41) is 9.78. The molecule has 0 unspecified atom stereocenters. The van der Waals surface area contributed by atoms with Gasteiger partial charge in [0.05, 0.1) is 0 Å². The number of benzene rings is 1. The molecule has 0 saturated heterocycles. The summed E-state index contributed by atoms with van der Waals surface area (Å²) in [6, 6.07) is 5.95. The van der Waals surface area contributed by atoms with Crippen LogP contribution in [0.5, 0.6) is 5.75 Å². The van der Waals surface area contributed by atoms with Gasteiger partial charge in [0.2, 0.25) is 0 Å². The molecule has 0 saturated carbocycles. The van der Waals surface area contributed by atoms with Crippen LogP contribution in [0.3, 0.4) is 0 Å². The third kappa shape index (κ3) is 3.41. The van der Waals surface area contributed by atoms with E-state index in [2.05, 4.69) is 39.8 Å². The average molecular weight is 218 g/mol. The van der Waals surface area contributed by atoms with Gasteiger partial charge in [0.25, 0.3) is 0 Å². The van der Waals surface area contributed by atoms with E-state index >= 15 is 0 Å². The predicted molar refractivity (Wildman–Crippen MR) is 69.9 cm³/mol. The number of phenols is 1. The van der Waals surface area contributed by atoms with Gasteiger partial charge in [-0.25, -0.2) is 0 Å². The van der Waals surface area contributed by atoms with Crippen molar-refractivity contribution in [3.8, 4) is 5.75 Å². The van der Waals surface area contributed by atoms with Crippen molar-refractivity contribution in [1.82, 2.24) is 0 Å². The van der Waals surface area contributed by atoms with Gasteiger partial charge < -0.3 is 5.11 Å². The summed E-state index contributed by atoms with van der Waals surface area (Å²) in [5.41, 5.74) is 3.73. The fourth-order valence-corrected chi connectivity index (χ4v) is 1.64. The molecule has 0 aliphatic heterocycles. The van der Waals surface area contributed by atoms with Crippen LogP contribution >= 0.6 is 0 Å². The zero-order valence-electron chi connectivity index (χ0n) is 10.7. The molecule has 0 radical (unpaired) electrons. The molecule has 1 nitrogen and oxygen atoms in total. The van der Waals surface area contributed by atoms with Gasteiger partial charge in [0, 0.05) is 0 Å². The second kappa shape index (κ2) is 5.74. The number of hydrogen-bond donors (Lipinski definition) is 1. The fourth-order valence-electron chi connectivity index (χ4n) is 1.64. The lowest BCUT2D eigenvalue weighted by Gasteiger charge is -2.10. The quantitative estimate of drug-likeness (QED) is 0.742. The van der Waals surface area contributed by atoms with Gasteiger partial charge >= 0.3 is 0 Å². The molecule has 0 fully saturated rings. The van der Waals surface area contributed by atoms with Crippen LogP contribution in [0, 0.1) is 0 Å². The maximum absolute atomic E-state index is 9.78. The molecule has 1 N–H and O–H groups in total. The largest absolute Gasteiger partial charge is 0.508 e. The Balaban J connectivity index is 2.82. The highest BCUT2D eigenvalue weighted by molar-refractivity contribution is 5.37. The summed E-state index contributed by atoms with van der Waals surface area (Å²) in [4.78, 5) is 0. The van der Waals surface area contributed by atoms with Crippen LogP contribution in [-0.2, 0) is 6.42 Å². The SMILES string of the molecule is C/C=C(\C)CCc1cc(C(C)C)ccc1O. The maximum atomic E-state index is 9.78. The third-order valence-electron chi connectivity index (χ3n) is 3.05. The molecular formula is C15H22O. The summed E-state index contributed by atoms with van der Waals surface area (Å²) >= 11 is 0. The molecule has 0 spiro atoms. The smallest absolute Gasteiger partial charge is 0.118 e. The first kappa shape index (κ1) is 12.8. The topological polar surface area (TPSA) is 20.2 Å². The van der Waals surface area contributed by atoms with Crippen LogP contribution in [0.1, 0.15) is 51.2 Å². The van der Waals surface area contributed by atoms with Gasteiger partial charge in [-0.15, -0.1) is 0 Å². The first-order valence-corrected chi connectivity index (χ1v) is 5.98. The molecule has 0 aliphatic rings. The van der Waals surface area contributed by atoms with Crippen molar-refractivity contribution >= 4 is 0 Å². The van der Waals surface area contributed by atoms with E-state index in [9.17, 15) is 5.11 Å².